The van der Waals surface area contributed by atoms with Crippen LogP contribution in [-0.2, 0) is 11.2 Å². The summed E-state index contributed by atoms with van der Waals surface area (Å²) in [5.41, 5.74) is 2.59. The fourth-order valence-corrected chi connectivity index (χ4v) is 3.29. The number of hydrogen-bond acceptors (Lipinski definition) is 1. The van der Waals surface area contributed by atoms with Gasteiger partial charge in [-0.3, -0.25) is 4.79 Å². The Hall–Kier alpha value is -2.16. The lowest BCUT2D eigenvalue weighted by molar-refractivity contribution is -0.128. The number of amides is 1. The van der Waals surface area contributed by atoms with Crippen LogP contribution in [0.15, 0.2) is 61.0 Å². The van der Waals surface area contributed by atoms with Crippen LogP contribution in [0.3, 0.4) is 0 Å². The van der Waals surface area contributed by atoms with E-state index in [1.54, 1.807) is 6.92 Å². The van der Waals surface area contributed by atoms with Crippen LogP contribution >= 0.6 is 0 Å². The van der Waals surface area contributed by atoms with Gasteiger partial charge in [0.25, 0.3) is 0 Å². The summed E-state index contributed by atoms with van der Waals surface area (Å²) in [6.07, 6.45) is 15.6. The van der Waals surface area contributed by atoms with Crippen molar-refractivity contribution in [3.63, 3.8) is 0 Å². The number of rotatable bonds is 8. The molecular formula is C25H36FNO. The summed E-state index contributed by atoms with van der Waals surface area (Å²) in [5, 5.41) is 0. The van der Waals surface area contributed by atoms with Gasteiger partial charge in [-0.15, -0.1) is 0 Å². The average molecular weight is 386 g/mol. The molecule has 0 N–H and O–H groups in total. The highest BCUT2D eigenvalue weighted by molar-refractivity contribution is 5.79. The molecule has 0 radical (unpaired) electrons. The molecule has 1 aliphatic rings. The van der Waals surface area contributed by atoms with Crippen LogP contribution in [-0.4, -0.2) is 23.4 Å². The van der Waals surface area contributed by atoms with Crippen molar-refractivity contribution in [3.8, 4) is 0 Å². The molecule has 1 heterocycles. The second-order valence-electron chi connectivity index (χ2n) is 7.40. The molecule has 2 atom stereocenters. The van der Waals surface area contributed by atoms with E-state index in [9.17, 15) is 9.18 Å². The van der Waals surface area contributed by atoms with Crippen LogP contribution in [0.4, 0.5) is 4.39 Å². The van der Waals surface area contributed by atoms with Gasteiger partial charge in [0.05, 0.1) is 12.4 Å². The summed E-state index contributed by atoms with van der Waals surface area (Å²) in [7, 11) is 0. The zero-order chi connectivity index (χ0) is 20.8. The van der Waals surface area contributed by atoms with Gasteiger partial charge >= 0.3 is 0 Å². The quantitative estimate of drug-likeness (QED) is 0.464. The van der Waals surface area contributed by atoms with Gasteiger partial charge in [-0.1, -0.05) is 67.1 Å². The van der Waals surface area contributed by atoms with Crippen molar-refractivity contribution in [1.29, 1.82) is 0 Å². The van der Waals surface area contributed by atoms with Gasteiger partial charge in [-0.25, -0.2) is 4.39 Å². The summed E-state index contributed by atoms with van der Waals surface area (Å²) < 4.78 is 10.5. The molecule has 1 amide bonds. The smallest absolute Gasteiger partial charge is 0.223 e. The number of hydrogen-bond donors (Lipinski definition) is 0. The molecule has 1 fully saturated rings. The summed E-state index contributed by atoms with van der Waals surface area (Å²) in [6.45, 7) is 8.88. The molecule has 2 rings (SSSR count). The van der Waals surface area contributed by atoms with Gasteiger partial charge in [0.1, 0.15) is 0 Å². The van der Waals surface area contributed by atoms with Crippen LogP contribution in [0.2, 0.25) is 0 Å². The third-order valence-corrected chi connectivity index (χ3v) is 4.93. The van der Waals surface area contributed by atoms with E-state index in [1.807, 2.05) is 0 Å². The van der Waals surface area contributed by atoms with Crippen molar-refractivity contribution in [2.24, 2.45) is 5.92 Å². The van der Waals surface area contributed by atoms with Gasteiger partial charge in [0, 0.05) is 13.0 Å². The highest BCUT2D eigenvalue weighted by Crippen LogP contribution is 2.21. The monoisotopic (exact) mass is 385 g/mol. The second-order valence-corrected chi connectivity index (χ2v) is 7.40. The molecule has 28 heavy (non-hydrogen) atoms. The molecule has 1 aromatic rings. The van der Waals surface area contributed by atoms with Gasteiger partial charge in [0.2, 0.25) is 5.91 Å². The van der Waals surface area contributed by atoms with E-state index in [2.05, 4.69) is 74.2 Å². The third-order valence-electron chi connectivity index (χ3n) is 4.93. The lowest BCUT2D eigenvalue weighted by Crippen LogP contribution is -2.33. The number of halogens is 1. The molecule has 0 aromatic heterocycles. The fourth-order valence-electron chi connectivity index (χ4n) is 3.29. The van der Waals surface area contributed by atoms with Crippen molar-refractivity contribution in [3.05, 3.63) is 72.1 Å². The van der Waals surface area contributed by atoms with Crippen molar-refractivity contribution in [2.45, 2.75) is 65.8 Å². The zero-order valence-electron chi connectivity index (χ0n) is 17.9. The molecule has 2 nitrogen and oxygen atoms in total. The minimum Gasteiger partial charge on any atom is -0.336 e. The standard InChI is InChI=1S/C22H31NO.C3H5F/c1-4-7-18(2)8-5-6-9-21-14-15-22(24)23(21)17-16-20-12-10-19(3)11-13-20;1-2-3-4/h4,6-7,9-13,18,21H,5,8,14-17H2,1-3H3;2-3H,1H3/b7-4-,9-6+;3-2+. The third kappa shape index (κ3) is 9.16. The molecule has 0 saturated carbocycles. The summed E-state index contributed by atoms with van der Waals surface area (Å²) in [4.78, 5) is 14.2. The molecule has 3 heteroatoms. The average Bonchev–Trinajstić information content (AvgIpc) is 3.05. The molecule has 0 spiro atoms. The number of allylic oxidation sites excluding steroid dienone is 4. The van der Waals surface area contributed by atoms with E-state index in [-0.39, 0.29) is 0 Å². The van der Waals surface area contributed by atoms with E-state index < -0.39 is 0 Å². The van der Waals surface area contributed by atoms with Crippen molar-refractivity contribution < 1.29 is 9.18 Å². The maximum atomic E-state index is 12.2. The summed E-state index contributed by atoms with van der Waals surface area (Å²) in [6, 6.07) is 8.92. The van der Waals surface area contributed by atoms with Crippen LogP contribution in [0.1, 0.15) is 57.6 Å². The van der Waals surface area contributed by atoms with E-state index in [1.165, 1.54) is 23.6 Å². The Morgan fingerprint density at radius 2 is 1.89 bits per heavy atom. The first kappa shape index (κ1) is 23.9. The topological polar surface area (TPSA) is 20.3 Å². The number of aryl methyl sites for hydroxylation is 1. The number of carbonyl (C=O) groups is 1. The highest BCUT2D eigenvalue weighted by Gasteiger charge is 2.28. The van der Waals surface area contributed by atoms with E-state index in [0.717, 1.165) is 25.8 Å². The lowest BCUT2D eigenvalue weighted by atomic mass is 10.0. The molecule has 1 aromatic carbocycles. The Kier molecular flexibility index (Phi) is 11.9. The minimum absolute atomic E-state index is 0.292. The molecule has 2 unspecified atom stereocenters. The Morgan fingerprint density at radius 3 is 2.50 bits per heavy atom. The zero-order valence-corrected chi connectivity index (χ0v) is 17.9. The maximum absolute atomic E-state index is 12.2. The molecule has 0 bridgehead atoms. The minimum atomic E-state index is 0.292. The van der Waals surface area contributed by atoms with Crippen molar-refractivity contribution in [1.82, 2.24) is 4.90 Å². The van der Waals surface area contributed by atoms with Crippen molar-refractivity contribution in [2.75, 3.05) is 6.54 Å². The van der Waals surface area contributed by atoms with Crippen molar-refractivity contribution >= 4 is 5.91 Å². The molecule has 1 saturated heterocycles. The highest BCUT2D eigenvalue weighted by atomic mass is 19.1. The van der Waals surface area contributed by atoms with Gasteiger partial charge < -0.3 is 4.90 Å². The fraction of sp³-hybridized carbons (Fsp3) is 0.480. The first-order chi connectivity index (χ1) is 13.5. The van der Waals surface area contributed by atoms with E-state index in [4.69, 9.17) is 0 Å². The Bertz CT molecular complexity index is 641. The van der Waals surface area contributed by atoms with Gasteiger partial charge in [-0.2, -0.15) is 0 Å². The predicted octanol–water partition coefficient (Wildman–Crippen LogP) is 6.57. The SMILES string of the molecule is C/C=C/F.C/C=C\C(C)CC/C=C/C1CCC(=O)N1CCc1ccc(C)cc1. The Balaban J connectivity index is 0.000000892. The van der Waals surface area contributed by atoms with Crippen LogP contribution in [0.25, 0.3) is 0 Å². The first-order valence-electron chi connectivity index (χ1n) is 10.4. The van der Waals surface area contributed by atoms with Gasteiger partial charge in [-0.05, 0) is 57.9 Å². The molecule has 154 valence electrons. The number of benzene rings is 1. The number of likely N-dealkylation sites (tertiary alicyclic amines) is 1. The van der Waals surface area contributed by atoms with Crippen LogP contribution in [0, 0.1) is 12.8 Å². The Morgan fingerprint density at radius 1 is 1.21 bits per heavy atom. The Labute approximate surface area is 170 Å². The van der Waals surface area contributed by atoms with Gasteiger partial charge in [0.15, 0.2) is 0 Å². The van der Waals surface area contributed by atoms with E-state index >= 15 is 0 Å². The largest absolute Gasteiger partial charge is 0.336 e. The normalized spacial score (nSPS) is 18.2. The van der Waals surface area contributed by atoms with E-state index in [0.29, 0.717) is 30.6 Å². The first-order valence-corrected chi connectivity index (χ1v) is 10.4. The molecule has 0 aliphatic carbocycles. The lowest BCUT2D eigenvalue weighted by Gasteiger charge is -2.22. The maximum Gasteiger partial charge on any atom is 0.223 e. The summed E-state index contributed by atoms with van der Waals surface area (Å²) in [5.74, 6) is 0.932. The van der Waals surface area contributed by atoms with Crippen LogP contribution in [0.5, 0.6) is 0 Å². The molecule has 1 aliphatic heterocycles. The number of nitrogens with zero attached hydrogens (tertiary/aromatic N) is 1. The summed E-state index contributed by atoms with van der Waals surface area (Å²) >= 11 is 0. The second kappa shape index (κ2) is 13.9. The molecular weight excluding hydrogens is 349 g/mol. The number of carbonyl (C=O) groups excluding carboxylic acids is 1. The predicted molar refractivity (Wildman–Crippen MR) is 118 cm³/mol. The van der Waals surface area contributed by atoms with Crippen LogP contribution < -0.4 is 0 Å².